The first-order valence-corrected chi connectivity index (χ1v) is 4.35. The molecule has 0 heterocycles. The predicted molar refractivity (Wildman–Crippen MR) is 48.4 cm³/mol. The number of quaternary nitrogens is 1. The van der Waals surface area contributed by atoms with Crippen molar-refractivity contribution in [3.05, 3.63) is 0 Å². The van der Waals surface area contributed by atoms with Crippen molar-refractivity contribution in [2.75, 3.05) is 26.2 Å². The zero-order chi connectivity index (χ0) is 9.33. The Balaban J connectivity index is -0.000000249. The molecule has 3 nitrogen and oxygen atoms in total. The topological polar surface area (TPSA) is 46.2 Å². The van der Waals surface area contributed by atoms with Crippen LogP contribution in [0.15, 0.2) is 0 Å². The van der Waals surface area contributed by atoms with Gasteiger partial charge in [0.05, 0.1) is 26.2 Å². The molecule has 0 fully saturated rings. The van der Waals surface area contributed by atoms with Gasteiger partial charge in [-0.05, 0) is 27.7 Å². The van der Waals surface area contributed by atoms with Crippen LogP contribution in [0, 0.1) is 0 Å². The van der Waals surface area contributed by atoms with Gasteiger partial charge in [-0.25, -0.2) is 5.90 Å². The highest BCUT2D eigenvalue weighted by atomic mass is 35.5. The van der Waals surface area contributed by atoms with Crippen molar-refractivity contribution >= 4 is 0 Å². The molecule has 4 heteroatoms. The Labute approximate surface area is 82.5 Å². The Morgan fingerprint density at radius 2 is 1.00 bits per heavy atom. The maximum atomic E-state index is 6.50. The van der Waals surface area contributed by atoms with Gasteiger partial charge in [-0.3, -0.25) is 0 Å². The standard InChI is InChI=1S/C8H20N.ClH.H3NO/c1-5-9(6-2,7-3)8-4;;1-2/h5-8H2,1-4H3;1H;2H,1H2/q+1;;/p-1. The van der Waals surface area contributed by atoms with E-state index in [1.807, 2.05) is 0 Å². The second-order valence-electron chi connectivity index (χ2n) is 2.61. The van der Waals surface area contributed by atoms with Crippen molar-refractivity contribution in [3.63, 3.8) is 0 Å². The van der Waals surface area contributed by atoms with Crippen molar-refractivity contribution in [1.82, 2.24) is 0 Å². The highest BCUT2D eigenvalue weighted by molar-refractivity contribution is 4.31. The average molecular weight is 199 g/mol. The van der Waals surface area contributed by atoms with E-state index in [9.17, 15) is 0 Å². The molecule has 0 saturated carbocycles. The van der Waals surface area contributed by atoms with Gasteiger partial charge >= 0.3 is 0 Å². The fraction of sp³-hybridized carbons (Fsp3) is 1.00. The Morgan fingerprint density at radius 1 is 0.833 bits per heavy atom. The number of nitrogens with two attached hydrogens (primary N) is 1. The van der Waals surface area contributed by atoms with Gasteiger partial charge in [0.2, 0.25) is 0 Å². The molecule has 78 valence electrons. The molecule has 0 aromatic heterocycles. The molecule has 0 aliphatic heterocycles. The zero-order valence-corrected chi connectivity index (χ0v) is 9.43. The Hall–Kier alpha value is 0.170. The van der Waals surface area contributed by atoms with Crippen LogP contribution >= 0.6 is 0 Å². The maximum Gasteiger partial charge on any atom is 0.0757 e. The monoisotopic (exact) mass is 198 g/mol. The van der Waals surface area contributed by atoms with Gasteiger partial charge in [-0.15, -0.1) is 0 Å². The van der Waals surface area contributed by atoms with Gasteiger partial charge in [-0.1, -0.05) is 0 Å². The molecule has 0 saturated heterocycles. The zero-order valence-electron chi connectivity index (χ0n) is 8.68. The van der Waals surface area contributed by atoms with Crippen LogP contribution in [0.4, 0.5) is 0 Å². The van der Waals surface area contributed by atoms with Crippen LogP contribution in [0.3, 0.4) is 0 Å². The third-order valence-electron chi connectivity index (χ3n) is 2.68. The van der Waals surface area contributed by atoms with Gasteiger partial charge in [0.1, 0.15) is 0 Å². The Bertz CT molecular complexity index is 59.9. The van der Waals surface area contributed by atoms with E-state index >= 15 is 0 Å². The van der Waals surface area contributed by atoms with Crippen molar-refractivity contribution in [1.29, 1.82) is 0 Å². The van der Waals surface area contributed by atoms with Crippen LogP contribution in [-0.2, 0) is 0 Å². The normalized spacial score (nSPS) is 9.50. The smallest absolute Gasteiger partial charge is 0.0757 e. The van der Waals surface area contributed by atoms with E-state index in [0.29, 0.717) is 0 Å². The molecule has 0 aliphatic rings. The fourth-order valence-electron chi connectivity index (χ4n) is 1.34. The molecule has 12 heavy (non-hydrogen) atoms. The van der Waals surface area contributed by atoms with Gasteiger partial charge in [0, 0.05) is 0 Å². The first-order chi connectivity index (χ1) is 5.24. The third kappa shape index (κ3) is 5.77. The second kappa shape index (κ2) is 11.2. The van der Waals surface area contributed by atoms with Gasteiger partial charge in [0.25, 0.3) is 0 Å². The SMILES string of the molecule is CC[N+](CC)(CC)CC.NO.[Cl-]. The lowest BCUT2D eigenvalue weighted by molar-refractivity contribution is -0.921. The number of rotatable bonds is 4. The van der Waals surface area contributed by atoms with Crippen LogP contribution in [0.5, 0.6) is 0 Å². The van der Waals surface area contributed by atoms with Crippen molar-refractivity contribution in [3.8, 4) is 0 Å². The minimum Gasteiger partial charge on any atom is -1.00 e. The molecule has 0 amide bonds. The van der Waals surface area contributed by atoms with E-state index < -0.39 is 0 Å². The number of hydrogen-bond donors (Lipinski definition) is 2. The van der Waals surface area contributed by atoms with Crippen LogP contribution in [0.2, 0.25) is 0 Å². The summed E-state index contributed by atoms with van der Waals surface area (Å²) in [6.07, 6.45) is 0. The van der Waals surface area contributed by atoms with Gasteiger partial charge in [0.15, 0.2) is 0 Å². The summed E-state index contributed by atoms with van der Waals surface area (Å²) in [5.41, 5.74) is 0. The molecule has 0 aromatic rings. The van der Waals surface area contributed by atoms with E-state index in [2.05, 4.69) is 33.6 Å². The summed E-state index contributed by atoms with van der Waals surface area (Å²) < 4.78 is 1.28. The number of hydrogen-bond acceptors (Lipinski definition) is 2. The first-order valence-electron chi connectivity index (χ1n) is 4.35. The average Bonchev–Trinajstić information content (AvgIpc) is 2.13. The molecule has 0 spiro atoms. The molecule has 0 rings (SSSR count). The first kappa shape index (κ1) is 18.1. The van der Waals surface area contributed by atoms with Crippen molar-refractivity contribution in [2.24, 2.45) is 5.90 Å². The Kier molecular flexibility index (Phi) is 16.8. The summed E-state index contributed by atoms with van der Waals surface area (Å²) >= 11 is 0. The highest BCUT2D eigenvalue weighted by Crippen LogP contribution is 2.03. The van der Waals surface area contributed by atoms with E-state index in [1.165, 1.54) is 30.7 Å². The van der Waals surface area contributed by atoms with E-state index in [-0.39, 0.29) is 12.4 Å². The minimum atomic E-state index is 0. The molecule has 0 aliphatic carbocycles. The summed E-state index contributed by atoms with van der Waals surface area (Å²) in [6.45, 7) is 14.2. The van der Waals surface area contributed by atoms with Crippen LogP contribution in [-0.4, -0.2) is 35.9 Å². The third-order valence-corrected chi connectivity index (χ3v) is 2.68. The van der Waals surface area contributed by atoms with Gasteiger partial charge < -0.3 is 22.1 Å². The molecule has 0 unspecified atom stereocenters. The molecular formula is C8H23ClN2O. The minimum absolute atomic E-state index is 0. The highest BCUT2D eigenvalue weighted by Gasteiger charge is 2.16. The second-order valence-corrected chi connectivity index (χ2v) is 2.61. The number of halogens is 1. The quantitative estimate of drug-likeness (QED) is 0.415. The summed E-state index contributed by atoms with van der Waals surface area (Å²) in [4.78, 5) is 0. The molecule has 3 N–H and O–H groups in total. The Morgan fingerprint density at radius 3 is 1.00 bits per heavy atom. The van der Waals surface area contributed by atoms with E-state index in [0.717, 1.165) is 0 Å². The lowest BCUT2D eigenvalue weighted by Crippen LogP contribution is -3.00. The van der Waals surface area contributed by atoms with Crippen molar-refractivity contribution < 1.29 is 22.1 Å². The maximum absolute atomic E-state index is 6.50. The summed E-state index contributed by atoms with van der Waals surface area (Å²) in [6, 6.07) is 0. The molecule has 0 atom stereocenters. The van der Waals surface area contributed by atoms with Crippen LogP contribution in [0.25, 0.3) is 0 Å². The summed E-state index contributed by atoms with van der Waals surface area (Å²) in [5, 5.41) is 6.50. The molecule has 0 radical (unpaired) electrons. The summed E-state index contributed by atoms with van der Waals surface area (Å²) in [7, 11) is 0. The molecule has 0 bridgehead atoms. The van der Waals surface area contributed by atoms with Gasteiger partial charge in [-0.2, -0.15) is 0 Å². The van der Waals surface area contributed by atoms with Crippen LogP contribution < -0.4 is 18.3 Å². The van der Waals surface area contributed by atoms with E-state index in [4.69, 9.17) is 5.21 Å². The number of nitrogens with zero attached hydrogens (tertiary/aromatic N) is 1. The molecular weight excluding hydrogens is 176 g/mol. The largest absolute Gasteiger partial charge is 1.00 e. The lowest BCUT2D eigenvalue weighted by atomic mass is 10.3. The van der Waals surface area contributed by atoms with Crippen molar-refractivity contribution in [2.45, 2.75) is 27.7 Å². The molecule has 0 aromatic carbocycles. The van der Waals surface area contributed by atoms with E-state index in [1.54, 1.807) is 0 Å². The summed E-state index contributed by atoms with van der Waals surface area (Å²) in [5.74, 6) is 3.50. The lowest BCUT2D eigenvalue weighted by Gasteiger charge is -2.34. The van der Waals surface area contributed by atoms with Crippen LogP contribution in [0.1, 0.15) is 27.7 Å². The fourth-order valence-corrected chi connectivity index (χ4v) is 1.34. The predicted octanol–water partition coefficient (Wildman–Crippen LogP) is -1.78.